The number of ketones is 1. The summed E-state index contributed by atoms with van der Waals surface area (Å²) in [6.45, 7) is 3.59. The zero-order valence-corrected chi connectivity index (χ0v) is 14.2. The van der Waals surface area contributed by atoms with Crippen LogP contribution >= 0.6 is 0 Å². The molecule has 0 radical (unpaired) electrons. The van der Waals surface area contributed by atoms with Gasteiger partial charge in [0.2, 0.25) is 0 Å². The Morgan fingerprint density at radius 2 is 1.68 bits per heavy atom. The van der Waals surface area contributed by atoms with E-state index in [-0.39, 0.29) is 11.3 Å². The molecule has 0 amide bonds. The van der Waals surface area contributed by atoms with Crippen LogP contribution in [0.5, 0.6) is 0 Å². The monoisotopic (exact) mass is 344 g/mol. The van der Waals surface area contributed by atoms with Crippen molar-refractivity contribution in [2.45, 2.75) is 38.8 Å². The molecule has 1 aliphatic carbocycles. The summed E-state index contributed by atoms with van der Waals surface area (Å²) >= 11 is 0. The highest BCUT2D eigenvalue weighted by Gasteiger charge is 2.39. The number of rotatable bonds is 3. The summed E-state index contributed by atoms with van der Waals surface area (Å²) in [7, 11) is 0. The molecule has 0 saturated carbocycles. The first-order chi connectivity index (χ1) is 11.7. The van der Waals surface area contributed by atoms with E-state index in [1.165, 1.54) is 12.2 Å². The Hall–Kier alpha value is -2.36. The van der Waals surface area contributed by atoms with Gasteiger partial charge in [0.25, 0.3) is 0 Å². The zero-order valence-electron chi connectivity index (χ0n) is 14.2. The molecule has 2 aromatic carbocycles. The van der Waals surface area contributed by atoms with Crippen molar-refractivity contribution < 1.29 is 18.0 Å². The second-order valence-electron chi connectivity index (χ2n) is 6.64. The number of Topliss-reactive ketones (excluding diaryl/α,β-unsaturated/α-hetero) is 1. The van der Waals surface area contributed by atoms with E-state index in [1.54, 1.807) is 38.1 Å². The highest BCUT2D eigenvalue weighted by Crippen LogP contribution is 2.37. The zero-order chi connectivity index (χ0) is 18.2. The van der Waals surface area contributed by atoms with E-state index < -0.39 is 12.1 Å². The summed E-state index contributed by atoms with van der Waals surface area (Å²) in [5.74, 6) is -1.55. The van der Waals surface area contributed by atoms with Crippen LogP contribution in [0, 0.1) is 13.8 Å². The topological polar surface area (TPSA) is 17.1 Å². The molecule has 0 aromatic heterocycles. The van der Waals surface area contributed by atoms with Gasteiger partial charge >= 0.3 is 6.18 Å². The summed E-state index contributed by atoms with van der Waals surface area (Å²) < 4.78 is 40.6. The van der Waals surface area contributed by atoms with E-state index in [9.17, 15) is 18.0 Å². The fraction of sp³-hybridized carbons (Fsp3) is 0.286. The molecule has 0 saturated heterocycles. The number of allylic oxidation sites excluding steroid dienone is 1. The summed E-state index contributed by atoms with van der Waals surface area (Å²) in [6, 6.07) is 10.2. The minimum absolute atomic E-state index is 0.105. The van der Waals surface area contributed by atoms with E-state index in [0.717, 1.165) is 16.7 Å². The maximum Gasteiger partial charge on any atom is 0.399 e. The lowest BCUT2D eigenvalue weighted by atomic mass is 9.93. The van der Waals surface area contributed by atoms with Crippen molar-refractivity contribution in [2.75, 3.05) is 0 Å². The van der Waals surface area contributed by atoms with Crippen LogP contribution in [0.25, 0.3) is 6.08 Å². The predicted molar refractivity (Wildman–Crippen MR) is 92.8 cm³/mol. The normalized spacial score (nSPS) is 15.6. The first-order valence-electron chi connectivity index (χ1n) is 8.23. The maximum absolute atomic E-state index is 13.5. The van der Waals surface area contributed by atoms with Crippen LogP contribution in [0.15, 0.2) is 42.5 Å². The number of halogens is 3. The summed E-state index contributed by atoms with van der Waals surface area (Å²) in [4.78, 5) is 11.7. The number of aryl methyl sites for hydroxylation is 3. The van der Waals surface area contributed by atoms with Gasteiger partial charge in [-0.1, -0.05) is 59.7 Å². The van der Waals surface area contributed by atoms with E-state index in [4.69, 9.17) is 0 Å². The van der Waals surface area contributed by atoms with E-state index in [2.05, 4.69) is 0 Å². The van der Waals surface area contributed by atoms with Gasteiger partial charge in [-0.05, 0) is 37.0 Å². The summed E-state index contributed by atoms with van der Waals surface area (Å²) in [5, 5.41) is 0. The van der Waals surface area contributed by atoms with Crippen LogP contribution < -0.4 is 0 Å². The lowest BCUT2D eigenvalue weighted by Gasteiger charge is -2.18. The van der Waals surface area contributed by atoms with Crippen LogP contribution in [0.3, 0.4) is 0 Å². The fourth-order valence-corrected chi connectivity index (χ4v) is 3.39. The molecule has 4 heteroatoms. The van der Waals surface area contributed by atoms with E-state index in [1.807, 2.05) is 12.1 Å². The quantitative estimate of drug-likeness (QED) is 0.688. The third-order valence-electron chi connectivity index (χ3n) is 4.49. The van der Waals surface area contributed by atoms with E-state index in [0.29, 0.717) is 24.0 Å². The Kier molecular flexibility index (Phi) is 4.55. The first kappa shape index (κ1) is 17.5. The minimum Gasteiger partial charge on any atom is -0.294 e. The van der Waals surface area contributed by atoms with Gasteiger partial charge in [0.15, 0.2) is 5.78 Å². The Bertz CT molecular complexity index is 826. The number of fused-ring (bicyclic) bond motifs is 1. The van der Waals surface area contributed by atoms with E-state index >= 15 is 0 Å². The Morgan fingerprint density at radius 1 is 1.00 bits per heavy atom. The van der Waals surface area contributed by atoms with Gasteiger partial charge in [-0.15, -0.1) is 0 Å². The van der Waals surface area contributed by atoms with Crippen LogP contribution in [0.2, 0.25) is 0 Å². The van der Waals surface area contributed by atoms with Crippen molar-refractivity contribution in [3.63, 3.8) is 0 Å². The highest BCUT2D eigenvalue weighted by atomic mass is 19.4. The lowest BCUT2D eigenvalue weighted by molar-refractivity contribution is -0.139. The minimum atomic E-state index is -4.36. The molecule has 2 aromatic rings. The molecule has 25 heavy (non-hydrogen) atoms. The molecule has 3 rings (SSSR count). The molecule has 1 atom stereocenters. The molecule has 130 valence electrons. The molecular weight excluding hydrogens is 325 g/mol. The number of hydrogen-bond donors (Lipinski definition) is 0. The third-order valence-corrected chi connectivity index (χ3v) is 4.49. The number of carbonyl (C=O) groups is 1. The van der Waals surface area contributed by atoms with Crippen LogP contribution in [-0.2, 0) is 6.42 Å². The average molecular weight is 344 g/mol. The second kappa shape index (κ2) is 6.51. The Labute approximate surface area is 145 Å². The SMILES string of the molecule is Cc1cc(C)cc(C(/C=C/c2ccc3c(c2)CCC3=O)C(F)(F)F)c1. The molecule has 1 nitrogen and oxygen atoms in total. The molecule has 1 aliphatic rings. The first-order valence-corrected chi connectivity index (χ1v) is 8.23. The third kappa shape index (κ3) is 3.84. The van der Waals surface area contributed by atoms with Crippen LogP contribution in [-0.4, -0.2) is 12.0 Å². The Balaban J connectivity index is 1.93. The second-order valence-corrected chi connectivity index (χ2v) is 6.64. The van der Waals surface area contributed by atoms with Gasteiger partial charge in [-0.2, -0.15) is 13.2 Å². The van der Waals surface area contributed by atoms with Gasteiger partial charge in [-0.3, -0.25) is 4.79 Å². The molecular formula is C21H19F3O. The Morgan fingerprint density at radius 3 is 2.32 bits per heavy atom. The van der Waals surface area contributed by atoms with Gasteiger partial charge < -0.3 is 0 Å². The fourth-order valence-electron chi connectivity index (χ4n) is 3.39. The molecule has 1 unspecified atom stereocenters. The molecule has 0 bridgehead atoms. The molecule has 0 heterocycles. The standard InChI is InChI=1S/C21H19F3O/c1-13-9-14(2)11-17(10-13)19(21(22,23)24)7-4-15-3-6-18-16(12-15)5-8-20(18)25/h3-4,6-7,9-12,19H,5,8H2,1-2H3/b7-4+. The van der Waals surface area contributed by atoms with Crippen molar-refractivity contribution in [2.24, 2.45) is 0 Å². The van der Waals surface area contributed by atoms with Crippen molar-refractivity contribution in [3.8, 4) is 0 Å². The summed E-state index contributed by atoms with van der Waals surface area (Å²) in [5.41, 5.74) is 4.17. The van der Waals surface area contributed by atoms with Gasteiger partial charge in [-0.25, -0.2) is 0 Å². The van der Waals surface area contributed by atoms with Gasteiger partial charge in [0.05, 0.1) is 5.92 Å². The molecule has 0 aliphatic heterocycles. The molecule has 0 N–H and O–H groups in total. The van der Waals surface area contributed by atoms with Gasteiger partial charge in [0.1, 0.15) is 0 Å². The summed E-state index contributed by atoms with van der Waals surface area (Å²) in [6.07, 6.45) is -0.513. The van der Waals surface area contributed by atoms with Crippen LogP contribution in [0.1, 0.15) is 50.5 Å². The smallest absolute Gasteiger partial charge is 0.294 e. The predicted octanol–water partition coefficient (Wildman–Crippen LogP) is 5.79. The van der Waals surface area contributed by atoms with Crippen molar-refractivity contribution in [3.05, 3.63) is 75.9 Å². The largest absolute Gasteiger partial charge is 0.399 e. The van der Waals surface area contributed by atoms with Crippen LogP contribution in [0.4, 0.5) is 13.2 Å². The number of alkyl halides is 3. The molecule has 0 fully saturated rings. The molecule has 0 spiro atoms. The lowest BCUT2D eigenvalue weighted by Crippen LogP contribution is -2.19. The average Bonchev–Trinajstić information content (AvgIpc) is 2.86. The van der Waals surface area contributed by atoms with Crippen molar-refractivity contribution >= 4 is 11.9 Å². The highest BCUT2D eigenvalue weighted by molar-refractivity contribution is 6.00. The maximum atomic E-state index is 13.5. The van der Waals surface area contributed by atoms with Crippen molar-refractivity contribution in [1.29, 1.82) is 0 Å². The number of benzene rings is 2. The van der Waals surface area contributed by atoms with Gasteiger partial charge in [0, 0.05) is 12.0 Å². The number of hydrogen-bond acceptors (Lipinski definition) is 1. The number of carbonyl (C=O) groups excluding carboxylic acids is 1. The van der Waals surface area contributed by atoms with Crippen molar-refractivity contribution in [1.82, 2.24) is 0 Å².